The normalized spacial score (nSPS) is 26.3. The molecule has 1 aliphatic rings. The SMILES string of the molecule is CCC(C)N1CC(N)CC(Cc2ccc(F)cc2)C1. The Kier molecular flexibility index (Phi) is 4.94. The van der Waals surface area contributed by atoms with E-state index < -0.39 is 0 Å². The number of halogens is 1. The lowest BCUT2D eigenvalue weighted by Gasteiger charge is -2.39. The molecule has 3 atom stereocenters. The third kappa shape index (κ3) is 4.02. The van der Waals surface area contributed by atoms with Crippen LogP contribution in [0.2, 0.25) is 0 Å². The maximum absolute atomic E-state index is 12.9. The summed E-state index contributed by atoms with van der Waals surface area (Å²) in [6, 6.07) is 7.75. The largest absolute Gasteiger partial charge is 0.327 e. The van der Waals surface area contributed by atoms with Gasteiger partial charge >= 0.3 is 0 Å². The van der Waals surface area contributed by atoms with E-state index in [0.29, 0.717) is 12.0 Å². The van der Waals surface area contributed by atoms with Crippen molar-refractivity contribution in [2.45, 2.75) is 45.2 Å². The van der Waals surface area contributed by atoms with Crippen molar-refractivity contribution in [3.63, 3.8) is 0 Å². The van der Waals surface area contributed by atoms with E-state index in [9.17, 15) is 4.39 Å². The van der Waals surface area contributed by atoms with Gasteiger partial charge in [0.25, 0.3) is 0 Å². The van der Waals surface area contributed by atoms with Crippen LogP contribution >= 0.6 is 0 Å². The fraction of sp³-hybridized carbons (Fsp3) is 0.625. The number of hydrogen-bond donors (Lipinski definition) is 1. The van der Waals surface area contributed by atoms with Gasteiger partial charge in [0.15, 0.2) is 0 Å². The molecule has 2 rings (SSSR count). The molecule has 2 nitrogen and oxygen atoms in total. The highest BCUT2D eigenvalue weighted by Crippen LogP contribution is 2.22. The highest BCUT2D eigenvalue weighted by molar-refractivity contribution is 5.17. The van der Waals surface area contributed by atoms with E-state index in [2.05, 4.69) is 18.7 Å². The van der Waals surface area contributed by atoms with Crippen LogP contribution in [-0.2, 0) is 6.42 Å². The molecule has 1 saturated heterocycles. The van der Waals surface area contributed by atoms with Gasteiger partial charge in [0.05, 0.1) is 0 Å². The summed E-state index contributed by atoms with van der Waals surface area (Å²) in [5.74, 6) is 0.425. The number of hydrogen-bond acceptors (Lipinski definition) is 2. The topological polar surface area (TPSA) is 29.3 Å². The molecule has 3 unspecified atom stereocenters. The van der Waals surface area contributed by atoms with Gasteiger partial charge in [0, 0.05) is 25.2 Å². The minimum absolute atomic E-state index is 0.162. The summed E-state index contributed by atoms with van der Waals surface area (Å²) in [5.41, 5.74) is 7.40. The first-order valence-corrected chi connectivity index (χ1v) is 7.32. The zero-order valence-electron chi connectivity index (χ0n) is 12.0. The Labute approximate surface area is 115 Å². The van der Waals surface area contributed by atoms with Crippen molar-refractivity contribution >= 4 is 0 Å². The smallest absolute Gasteiger partial charge is 0.123 e. The van der Waals surface area contributed by atoms with Crippen LogP contribution in [0, 0.1) is 11.7 Å². The van der Waals surface area contributed by atoms with E-state index in [1.807, 2.05) is 12.1 Å². The first-order valence-electron chi connectivity index (χ1n) is 7.32. The molecule has 3 heteroatoms. The second-order valence-electron chi connectivity index (χ2n) is 5.90. The molecule has 1 aliphatic heterocycles. The molecule has 19 heavy (non-hydrogen) atoms. The van der Waals surface area contributed by atoms with Gasteiger partial charge in [-0.05, 0) is 49.8 Å². The molecule has 0 spiro atoms. The van der Waals surface area contributed by atoms with Gasteiger partial charge in [-0.2, -0.15) is 0 Å². The molecule has 0 radical (unpaired) electrons. The van der Waals surface area contributed by atoms with Gasteiger partial charge < -0.3 is 5.73 Å². The molecule has 1 aromatic rings. The molecule has 0 bridgehead atoms. The third-order valence-corrected chi connectivity index (χ3v) is 4.25. The predicted octanol–water partition coefficient (Wildman–Crippen LogP) is 2.82. The van der Waals surface area contributed by atoms with Crippen LogP contribution in [0.25, 0.3) is 0 Å². The summed E-state index contributed by atoms with van der Waals surface area (Å²) in [6.07, 6.45) is 3.24. The van der Waals surface area contributed by atoms with Gasteiger partial charge in [0.2, 0.25) is 0 Å². The number of benzene rings is 1. The first kappa shape index (κ1) is 14.5. The Morgan fingerprint density at radius 2 is 2.00 bits per heavy atom. The Hall–Kier alpha value is -0.930. The van der Waals surface area contributed by atoms with Crippen LogP contribution < -0.4 is 5.73 Å². The number of rotatable bonds is 4. The van der Waals surface area contributed by atoms with E-state index in [0.717, 1.165) is 32.4 Å². The summed E-state index contributed by atoms with van der Waals surface area (Å²) >= 11 is 0. The molecule has 0 saturated carbocycles. The fourth-order valence-electron chi connectivity index (χ4n) is 3.00. The molecule has 1 heterocycles. The van der Waals surface area contributed by atoms with Crippen molar-refractivity contribution < 1.29 is 4.39 Å². The van der Waals surface area contributed by atoms with Gasteiger partial charge in [0.1, 0.15) is 5.82 Å². The molecular weight excluding hydrogens is 239 g/mol. The number of nitrogens with zero attached hydrogens (tertiary/aromatic N) is 1. The third-order valence-electron chi connectivity index (χ3n) is 4.25. The van der Waals surface area contributed by atoms with E-state index in [1.165, 1.54) is 5.56 Å². The Morgan fingerprint density at radius 1 is 1.32 bits per heavy atom. The molecule has 106 valence electrons. The number of nitrogens with two attached hydrogens (primary N) is 1. The zero-order valence-corrected chi connectivity index (χ0v) is 12.0. The van der Waals surface area contributed by atoms with Gasteiger partial charge in [-0.3, -0.25) is 4.90 Å². The van der Waals surface area contributed by atoms with Gasteiger partial charge in [-0.25, -0.2) is 4.39 Å². The average molecular weight is 264 g/mol. The zero-order chi connectivity index (χ0) is 13.8. The maximum Gasteiger partial charge on any atom is 0.123 e. The van der Waals surface area contributed by atoms with Crippen molar-refractivity contribution in [1.82, 2.24) is 4.90 Å². The van der Waals surface area contributed by atoms with Crippen LogP contribution in [0.3, 0.4) is 0 Å². The second-order valence-corrected chi connectivity index (χ2v) is 5.90. The molecule has 0 aromatic heterocycles. The van der Waals surface area contributed by atoms with Crippen LogP contribution in [0.4, 0.5) is 4.39 Å². The maximum atomic E-state index is 12.9. The van der Waals surface area contributed by atoms with E-state index in [1.54, 1.807) is 12.1 Å². The van der Waals surface area contributed by atoms with E-state index >= 15 is 0 Å². The van der Waals surface area contributed by atoms with Crippen molar-refractivity contribution in [3.8, 4) is 0 Å². The van der Waals surface area contributed by atoms with Crippen molar-refractivity contribution in [2.75, 3.05) is 13.1 Å². The van der Waals surface area contributed by atoms with Gasteiger partial charge in [-0.15, -0.1) is 0 Å². The predicted molar refractivity (Wildman–Crippen MR) is 77.5 cm³/mol. The first-order chi connectivity index (χ1) is 9.08. The van der Waals surface area contributed by atoms with Crippen LogP contribution in [0.1, 0.15) is 32.3 Å². The quantitative estimate of drug-likeness (QED) is 0.906. The molecule has 1 aromatic carbocycles. The number of likely N-dealkylation sites (tertiary alicyclic amines) is 1. The monoisotopic (exact) mass is 264 g/mol. The molecule has 2 N–H and O–H groups in total. The van der Waals surface area contributed by atoms with Crippen molar-refractivity contribution in [3.05, 3.63) is 35.6 Å². The molecule has 0 aliphatic carbocycles. The van der Waals surface area contributed by atoms with E-state index in [-0.39, 0.29) is 11.9 Å². The van der Waals surface area contributed by atoms with Crippen LogP contribution in [0.15, 0.2) is 24.3 Å². The Morgan fingerprint density at radius 3 is 2.63 bits per heavy atom. The summed E-state index contributed by atoms with van der Waals surface area (Å²) in [6.45, 7) is 6.61. The molecular formula is C16H25FN2. The highest BCUT2D eigenvalue weighted by atomic mass is 19.1. The fourth-order valence-corrected chi connectivity index (χ4v) is 3.00. The summed E-state index contributed by atoms with van der Waals surface area (Å²) < 4.78 is 12.9. The lowest BCUT2D eigenvalue weighted by Crippen LogP contribution is -2.50. The summed E-state index contributed by atoms with van der Waals surface area (Å²) in [5, 5.41) is 0. The van der Waals surface area contributed by atoms with Crippen LogP contribution in [0.5, 0.6) is 0 Å². The summed E-state index contributed by atoms with van der Waals surface area (Å²) in [7, 11) is 0. The van der Waals surface area contributed by atoms with Crippen LogP contribution in [-0.4, -0.2) is 30.1 Å². The van der Waals surface area contributed by atoms with Crippen molar-refractivity contribution in [2.24, 2.45) is 11.7 Å². The minimum Gasteiger partial charge on any atom is -0.327 e. The Bertz CT molecular complexity index is 390. The Balaban J connectivity index is 1.97. The lowest BCUT2D eigenvalue weighted by molar-refractivity contribution is 0.114. The lowest BCUT2D eigenvalue weighted by atomic mass is 9.88. The average Bonchev–Trinajstić information content (AvgIpc) is 2.40. The van der Waals surface area contributed by atoms with Crippen molar-refractivity contribution in [1.29, 1.82) is 0 Å². The van der Waals surface area contributed by atoms with Gasteiger partial charge in [-0.1, -0.05) is 19.1 Å². The highest BCUT2D eigenvalue weighted by Gasteiger charge is 2.27. The molecule has 0 amide bonds. The number of piperidine rings is 1. The van der Waals surface area contributed by atoms with E-state index in [4.69, 9.17) is 5.73 Å². The second kappa shape index (κ2) is 6.49. The summed E-state index contributed by atoms with van der Waals surface area (Å²) in [4.78, 5) is 2.50. The molecule has 1 fully saturated rings. The standard InChI is InChI=1S/C16H25FN2/c1-3-12(2)19-10-14(9-16(18)11-19)8-13-4-6-15(17)7-5-13/h4-7,12,14,16H,3,8-11,18H2,1-2H3. The minimum atomic E-state index is -0.162.